The monoisotopic (exact) mass is 227 g/mol. The first kappa shape index (κ1) is 10.5. The molecule has 17 heavy (non-hydrogen) atoms. The highest BCUT2D eigenvalue weighted by Gasteiger charge is 2.16. The molecule has 0 aliphatic carbocycles. The number of pyridine rings is 1. The topological polar surface area (TPSA) is 50.9 Å². The Morgan fingerprint density at radius 2 is 2.12 bits per heavy atom. The van der Waals surface area contributed by atoms with Crippen molar-refractivity contribution in [2.24, 2.45) is 0 Å². The van der Waals surface area contributed by atoms with Crippen LogP contribution in [0.4, 0.5) is 5.69 Å². The Morgan fingerprint density at radius 1 is 1.18 bits per heavy atom. The number of nitrogens with zero attached hydrogens (tertiary/aromatic N) is 1. The van der Waals surface area contributed by atoms with E-state index in [-0.39, 0.29) is 0 Å². The lowest BCUT2D eigenvalue weighted by molar-refractivity contribution is 0.406. The smallest absolute Gasteiger partial charge is 0.0935 e. The Kier molecular flexibility index (Phi) is 2.69. The molecular formula is C14H17N3. The fourth-order valence-corrected chi connectivity index (χ4v) is 2.48. The molecule has 3 nitrogen and oxygen atoms in total. The fraction of sp³-hybridized carbons (Fsp3) is 0.357. The molecule has 1 saturated heterocycles. The number of benzene rings is 1. The lowest BCUT2D eigenvalue weighted by Gasteiger charge is -2.23. The molecule has 0 bridgehead atoms. The molecule has 2 heterocycles. The van der Waals surface area contributed by atoms with Gasteiger partial charge in [0, 0.05) is 11.4 Å². The molecule has 0 saturated carbocycles. The number of nitrogens with one attached hydrogen (secondary N) is 1. The van der Waals surface area contributed by atoms with Gasteiger partial charge in [-0.25, -0.2) is 4.98 Å². The minimum absolute atomic E-state index is 0.396. The number of rotatable bonds is 1. The average molecular weight is 227 g/mol. The summed E-state index contributed by atoms with van der Waals surface area (Å²) < 4.78 is 0. The van der Waals surface area contributed by atoms with Gasteiger partial charge in [-0.15, -0.1) is 0 Å². The molecule has 3 rings (SSSR count). The number of piperidine rings is 1. The second-order valence-electron chi connectivity index (χ2n) is 4.66. The van der Waals surface area contributed by atoms with Crippen LogP contribution >= 0.6 is 0 Å². The minimum atomic E-state index is 0.396. The predicted octanol–water partition coefficient (Wildman–Crippen LogP) is 2.63. The van der Waals surface area contributed by atoms with Crippen LogP contribution in [0.1, 0.15) is 31.0 Å². The van der Waals surface area contributed by atoms with Crippen LogP contribution in [-0.4, -0.2) is 11.5 Å². The molecule has 1 fully saturated rings. The molecule has 3 N–H and O–H groups in total. The minimum Gasteiger partial charge on any atom is -0.397 e. The molecule has 1 atom stereocenters. The molecule has 1 aromatic heterocycles. The van der Waals surface area contributed by atoms with Crippen LogP contribution in [0.3, 0.4) is 0 Å². The van der Waals surface area contributed by atoms with Crippen molar-refractivity contribution in [2.75, 3.05) is 12.3 Å². The summed E-state index contributed by atoms with van der Waals surface area (Å²) >= 11 is 0. The SMILES string of the molecule is Nc1cccc2ccc(C3CCCCN3)nc12. The largest absolute Gasteiger partial charge is 0.397 e. The number of para-hydroxylation sites is 1. The molecule has 0 radical (unpaired) electrons. The molecule has 1 aliphatic rings. The first-order valence-electron chi connectivity index (χ1n) is 6.23. The number of nitrogen functional groups attached to an aromatic ring is 1. The normalized spacial score (nSPS) is 20.6. The van der Waals surface area contributed by atoms with Gasteiger partial charge in [0.15, 0.2) is 0 Å². The van der Waals surface area contributed by atoms with E-state index in [4.69, 9.17) is 10.7 Å². The number of aromatic nitrogens is 1. The number of anilines is 1. The van der Waals surface area contributed by atoms with Crippen LogP contribution < -0.4 is 11.1 Å². The molecular weight excluding hydrogens is 210 g/mol. The maximum absolute atomic E-state index is 5.97. The van der Waals surface area contributed by atoms with E-state index in [0.717, 1.165) is 28.8 Å². The van der Waals surface area contributed by atoms with Gasteiger partial charge in [-0.3, -0.25) is 0 Å². The van der Waals surface area contributed by atoms with Crippen LogP contribution in [0.5, 0.6) is 0 Å². The zero-order valence-corrected chi connectivity index (χ0v) is 9.82. The van der Waals surface area contributed by atoms with E-state index in [1.54, 1.807) is 0 Å². The van der Waals surface area contributed by atoms with E-state index in [2.05, 4.69) is 23.5 Å². The summed E-state index contributed by atoms with van der Waals surface area (Å²) in [7, 11) is 0. The predicted molar refractivity (Wildman–Crippen MR) is 70.8 cm³/mol. The molecule has 88 valence electrons. The number of nitrogens with two attached hydrogens (primary N) is 1. The molecule has 2 aromatic rings. The first-order chi connectivity index (χ1) is 8.34. The van der Waals surface area contributed by atoms with Crippen LogP contribution in [0.2, 0.25) is 0 Å². The molecule has 1 aromatic carbocycles. The average Bonchev–Trinajstić information content (AvgIpc) is 2.40. The van der Waals surface area contributed by atoms with Crippen LogP contribution in [0.15, 0.2) is 30.3 Å². The van der Waals surface area contributed by atoms with Crippen molar-refractivity contribution in [1.29, 1.82) is 0 Å². The van der Waals surface area contributed by atoms with Gasteiger partial charge in [-0.2, -0.15) is 0 Å². The van der Waals surface area contributed by atoms with E-state index >= 15 is 0 Å². The quantitative estimate of drug-likeness (QED) is 0.736. The van der Waals surface area contributed by atoms with Crippen molar-refractivity contribution in [3.05, 3.63) is 36.0 Å². The summed E-state index contributed by atoms with van der Waals surface area (Å²) in [5.74, 6) is 0. The van der Waals surface area contributed by atoms with Gasteiger partial charge in [-0.05, 0) is 31.5 Å². The Hall–Kier alpha value is -1.61. The van der Waals surface area contributed by atoms with Crippen molar-refractivity contribution in [2.45, 2.75) is 25.3 Å². The molecule has 0 amide bonds. The summed E-state index contributed by atoms with van der Waals surface area (Å²) in [5, 5.41) is 4.63. The van der Waals surface area contributed by atoms with Gasteiger partial charge in [0.05, 0.1) is 16.9 Å². The summed E-state index contributed by atoms with van der Waals surface area (Å²) in [6, 6.07) is 10.6. The highest BCUT2D eigenvalue weighted by Crippen LogP contribution is 2.25. The number of fused-ring (bicyclic) bond motifs is 1. The van der Waals surface area contributed by atoms with E-state index < -0.39 is 0 Å². The van der Waals surface area contributed by atoms with Crippen molar-refractivity contribution >= 4 is 16.6 Å². The molecule has 1 unspecified atom stereocenters. The standard InChI is InChI=1S/C14H17N3/c15-11-5-3-4-10-7-8-13(17-14(10)11)12-6-1-2-9-16-12/h3-5,7-8,12,16H,1-2,6,9,15H2. The third-order valence-electron chi connectivity index (χ3n) is 3.44. The van der Waals surface area contributed by atoms with Gasteiger partial charge in [0.1, 0.15) is 0 Å². The highest BCUT2D eigenvalue weighted by atomic mass is 14.9. The third kappa shape index (κ3) is 1.98. The molecule has 0 spiro atoms. The summed E-state index contributed by atoms with van der Waals surface area (Å²) in [6.07, 6.45) is 3.72. The Balaban J connectivity index is 2.03. The van der Waals surface area contributed by atoms with Gasteiger partial charge >= 0.3 is 0 Å². The van der Waals surface area contributed by atoms with Crippen molar-refractivity contribution in [3.8, 4) is 0 Å². The van der Waals surface area contributed by atoms with Gasteiger partial charge < -0.3 is 11.1 Å². The fourth-order valence-electron chi connectivity index (χ4n) is 2.48. The number of hydrogen-bond acceptors (Lipinski definition) is 3. The van der Waals surface area contributed by atoms with Crippen LogP contribution in [0, 0.1) is 0 Å². The zero-order chi connectivity index (χ0) is 11.7. The van der Waals surface area contributed by atoms with E-state index in [9.17, 15) is 0 Å². The summed E-state index contributed by atoms with van der Waals surface area (Å²) in [5.41, 5.74) is 8.78. The zero-order valence-electron chi connectivity index (χ0n) is 9.82. The van der Waals surface area contributed by atoms with Crippen molar-refractivity contribution in [3.63, 3.8) is 0 Å². The maximum atomic E-state index is 5.97. The summed E-state index contributed by atoms with van der Waals surface area (Å²) in [4.78, 5) is 4.71. The number of hydrogen-bond donors (Lipinski definition) is 2. The van der Waals surface area contributed by atoms with E-state index in [1.165, 1.54) is 19.3 Å². The van der Waals surface area contributed by atoms with Crippen molar-refractivity contribution in [1.82, 2.24) is 10.3 Å². The van der Waals surface area contributed by atoms with Gasteiger partial charge in [-0.1, -0.05) is 24.6 Å². The Bertz CT molecular complexity index is 530. The van der Waals surface area contributed by atoms with Crippen LogP contribution in [0.25, 0.3) is 10.9 Å². The van der Waals surface area contributed by atoms with E-state index in [1.807, 2.05) is 12.1 Å². The Labute approximate surface area is 101 Å². The van der Waals surface area contributed by atoms with Crippen LogP contribution in [-0.2, 0) is 0 Å². The third-order valence-corrected chi connectivity index (χ3v) is 3.44. The second kappa shape index (κ2) is 4.34. The highest BCUT2D eigenvalue weighted by molar-refractivity contribution is 5.89. The first-order valence-corrected chi connectivity index (χ1v) is 6.23. The van der Waals surface area contributed by atoms with Crippen molar-refractivity contribution < 1.29 is 0 Å². The van der Waals surface area contributed by atoms with Gasteiger partial charge in [0.2, 0.25) is 0 Å². The lowest BCUT2D eigenvalue weighted by atomic mass is 10.0. The van der Waals surface area contributed by atoms with E-state index in [0.29, 0.717) is 6.04 Å². The summed E-state index contributed by atoms with van der Waals surface area (Å²) in [6.45, 7) is 1.09. The lowest BCUT2D eigenvalue weighted by Crippen LogP contribution is -2.27. The maximum Gasteiger partial charge on any atom is 0.0935 e. The molecule has 3 heteroatoms. The second-order valence-corrected chi connectivity index (χ2v) is 4.66. The molecule has 1 aliphatic heterocycles. The Morgan fingerprint density at radius 3 is 2.94 bits per heavy atom. The van der Waals surface area contributed by atoms with Gasteiger partial charge in [0.25, 0.3) is 0 Å².